The molecule has 0 saturated heterocycles. The first-order valence-corrected chi connectivity index (χ1v) is 8.13. The molecule has 0 unspecified atom stereocenters. The minimum atomic E-state index is -4.82. The number of fused-ring (bicyclic) bond motifs is 1. The minimum absolute atomic E-state index is 0.0381. The second kappa shape index (κ2) is 6.93. The number of hydrogen-bond acceptors (Lipinski definition) is 5. The van der Waals surface area contributed by atoms with Crippen molar-refractivity contribution in [3.8, 4) is 11.5 Å². The largest absolute Gasteiger partial charge is 0.573 e. The van der Waals surface area contributed by atoms with Crippen LogP contribution in [0.25, 0.3) is 0 Å². The number of benzene rings is 1. The molecule has 144 valence electrons. The van der Waals surface area contributed by atoms with Crippen LogP contribution in [0.4, 0.5) is 19.0 Å². The van der Waals surface area contributed by atoms with Crippen LogP contribution in [0.1, 0.15) is 18.9 Å². The predicted molar refractivity (Wildman–Crippen MR) is 90.8 cm³/mol. The molecule has 0 radical (unpaired) electrons. The highest BCUT2D eigenvalue weighted by Gasteiger charge is 2.31. The van der Waals surface area contributed by atoms with Crippen LogP contribution in [0.2, 0.25) is 0 Å². The third-order valence-corrected chi connectivity index (χ3v) is 3.89. The molecule has 2 heterocycles. The van der Waals surface area contributed by atoms with Gasteiger partial charge in [0.2, 0.25) is 5.90 Å². The van der Waals surface area contributed by atoms with Gasteiger partial charge in [0.05, 0.1) is 12.0 Å². The standard InChI is InChI=1S/C17H16F3N3O4/c1-3-7-23-15(24)12-9-13(21-14(12)22(2)16(23)25)26-10-5-4-6-11(8-10)27-17(18,19)20/h4-6,8H,3,7,9H2,1-2H3. The number of halogens is 3. The Hall–Kier alpha value is -3.04. The van der Waals surface area contributed by atoms with Crippen LogP contribution < -0.4 is 20.7 Å². The Morgan fingerprint density at radius 1 is 1.22 bits per heavy atom. The SMILES string of the molecule is CCCn1c(=O)c2c(n(C)c1=O)N=C(Oc1cccc(OC(F)(F)F)c1)C2. The van der Waals surface area contributed by atoms with E-state index in [4.69, 9.17) is 4.74 Å². The Morgan fingerprint density at radius 3 is 2.59 bits per heavy atom. The fourth-order valence-electron chi connectivity index (χ4n) is 2.78. The van der Waals surface area contributed by atoms with Crippen molar-refractivity contribution in [1.82, 2.24) is 9.13 Å². The summed E-state index contributed by atoms with van der Waals surface area (Å²) in [6.45, 7) is 2.13. The monoisotopic (exact) mass is 383 g/mol. The summed E-state index contributed by atoms with van der Waals surface area (Å²) in [5.41, 5.74) is -0.610. The second-order valence-electron chi connectivity index (χ2n) is 5.91. The lowest BCUT2D eigenvalue weighted by atomic mass is 10.2. The Morgan fingerprint density at radius 2 is 1.93 bits per heavy atom. The first-order valence-electron chi connectivity index (χ1n) is 8.13. The van der Waals surface area contributed by atoms with Crippen LogP contribution >= 0.6 is 0 Å². The van der Waals surface area contributed by atoms with Crippen LogP contribution in [0.5, 0.6) is 11.5 Å². The van der Waals surface area contributed by atoms with E-state index >= 15 is 0 Å². The molecule has 0 fully saturated rings. The van der Waals surface area contributed by atoms with E-state index in [2.05, 4.69) is 9.73 Å². The summed E-state index contributed by atoms with van der Waals surface area (Å²) in [6, 6.07) is 4.97. The zero-order chi connectivity index (χ0) is 19.8. The lowest BCUT2D eigenvalue weighted by molar-refractivity contribution is -0.274. The summed E-state index contributed by atoms with van der Waals surface area (Å²) in [6.07, 6.45) is -4.16. The number of ether oxygens (including phenoxy) is 2. The summed E-state index contributed by atoms with van der Waals surface area (Å²) in [7, 11) is 1.50. The number of aliphatic imine (C=N–C) groups is 1. The normalized spacial score (nSPS) is 13.3. The highest BCUT2D eigenvalue weighted by atomic mass is 19.4. The number of nitrogens with zero attached hydrogens (tertiary/aromatic N) is 3. The van der Waals surface area contributed by atoms with Gasteiger partial charge in [-0.3, -0.25) is 13.9 Å². The molecule has 3 rings (SSSR count). The molecule has 0 atom stereocenters. The summed E-state index contributed by atoms with van der Waals surface area (Å²) in [4.78, 5) is 28.9. The average Bonchev–Trinajstić information content (AvgIpc) is 3.00. The van der Waals surface area contributed by atoms with Gasteiger partial charge in [0.15, 0.2) is 0 Å². The van der Waals surface area contributed by atoms with E-state index < -0.39 is 23.4 Å². The van der Waals surface area contributed by atoms with Crippen LogP contribution in [0, 0.1) is 0 Å². The van der Waals surface area contributed by atoms with Gasteiger partial charge >= 0.3 is 12.1 Å². The predicted octanol–water partition coefficient (Wildman–Crippen LogP) is 2.52. The molecule has 0 saturated carbocycles. The van der Waals surface area contributed by atoms with Gasteiger partial charge in [-0.15, -0.1) is 13.2 Å². The minimum Gasteiger partial charge on any atom is -0.442 e. The molecule has 0 spiro atoms. The van der Waals surface area contributed by atoms with Crippen molar-refractivity contribution in [3.63, 3.8) is 0 Å². The quantitative estimate of drug-likeness (QED) is 0.813. The van der Waals surface area contributed by atoms with E-state index in [0.29, 0.717) is 12.0 Å². The summed E-state index contributed by atoms with van der Waals surface area (Å²) >= 11 is 0. The molecule has 1 aromatic carbocycles. The Bertz CT molecular complexity index is 1020. The van der Waals surface area contributed by atoms with E-state index in [0.717, 1.165) is 16.7 Å². The first kappa shape index (κ1) is 18.7. The van der Waals surface area contributed by atoms with E-state index in [9.17, 15) is 22.8 Å². The lowest BCUT2D eigenvalue weighted by Crippen LogP contribution is -2.40. The summed E-state index contributed by atoms with van der Waals surface area (Å²) < 4.78 is 48.7. The van der Waals surface area contributed by atoms with Crippen LogP contribution in [0.15, 0.2) is 38.8 Å². The molecule has 10 heteroatoms. The highest BCUT2D eigenvalue weighted by molar-refractivity contribution is 5.88. The molecule has 27 heavy (non-hydrogen) atoms. The molecular weight excluding hydrogens is 367 g/mol. The van der Waals surface area contributed by atoms with Gasteiger partial charge in [-0.05, 0) is 18.6 Å². The Kier molecular flexibility index (Phi) is 4.81. The number of rotatable bonds is 4. The van der Waals surface area contributed by atoms with Gasteiger partial charge < -0.3 is 9.47 Å². The fourth-order valence-corrected chi connectivity index (χ4v) is 2.78. The molecule has 2 aromatic rings. The molecule has 0 N–H and O–H groups in total. The van der Waals surface area contributed by atoms with Crippen LogP contribution in [-0.4, -0.2) is 21.4 Å². The Balaban J connectivity index is 1.88. The van der Waals surface area contributed by atoms with Crippen molar-refractivity contribution in [1.29, 1.82) is 0 Å². The van der Waals surface area contributed by atoms with Gasteiger partial charge in [-0.25, -0.2) is 4.79 Å². The van der Waals surface area contributed by atoms with Crippen molar-refractivity contribution in [3.05, 3.63) is 50.7 Å². The smallest absolute Gasteiger partial charge is 0.442 e. The maximum Gasteiger partial charge on any atom is 0.573 e. The van der Waals surface area contributed by atoms with Crippen LogP contribution in [-0.2, 0) is 20.0 Å². The maximum absolute atomic E-state index is 12.5. The first-order chi connectivity index (χ1) is 12.7. The van der Waals surface area contributed by atoms with Gasteiger partial charge in [0, 0.05) is 19.7 Å². The van der Waals surface area contributed by atoms with E-state index in [1.807, 2.05) is 6.92 Å². The summed E-state index contributed by atoms with van der Waals surface area (Å²) in [5, 5.41) is 0. The lowest BCUT2D eigenvalue weighted by Gasteiger charge is -2.10. The highest BCUT2D eigenvalue weighted by Crippen LogP contribution is 2.28. The molecule has 7 nitrogen and oxygen atoms in total. The van der Waals surface area contributed by atoms with Crippen molar-refractivity contribution >= 4 is 11.7 Å². The zero-order valence-electron chi connectivity index (χ0n) is 14.5. The molecule has 0 bridgehead atoms. The molecule has 0 amide bonds. The number of aromatic nitrogens is 2. The zero-order valence-corrected chi connectivity index (χ0v) is 14.5. The van der Waals surface area contributed by atoms with Gasteiger partial charge in [-0.2, -0.15) is 4.99 Å². The van der Waals surface area contributed by atoms with Gasteiger partial charge in [0.1, 0.15) is 17.3 Å². The second-order valence-corrected chi connectivity index (χ2v) is 5.91. The van der Waals surface area contributed by atoms with Crippen molar-refractivity contribution in [2.45, 2.75) is 32.7 Å². The topological polar surface area (TPSA) is 74.8 Å². The molecular formula is C17H16F3N3O4. The molecule has 1 aliphatic heterocycles. The molecule has 1 aromatic heterocycles. The van der Waals surface area contributed by atoms with Crippen molar-refractivity contribution < 1.29 is 22.6 Å². The summed E-state index contributed by atoms with van der Waals surface area (Å²) in [5.74, 6) is -0.0680. The van der Waals surface area contributed by atoms with Crippen molar-refractivity contribution in [2.75, 3.05) is 0 Å². The maximum atomic E-state index is 12.5. The van der Waals surface area contributed by atoms with Crippen molar-refractivity contribution in [2.24, 2.45) is 12.0 Å². The van der Waals surface area contributed by atoms with E-state index in [1.165, 1.54) is 23.7 Å². The third kappa shape index (κ3) is 3.88. The molecule has 1 aliphatic rings. The van der Waals surface area contributed by atoms with Crippen LogP contribution in [0.3, 0.4) is 0 Å². The number of hydrogen-bond donors (Lipinski definition) is 0. The van der Waals surface area contributed by atoms with E-state index in [-0.39, 0.29) is 30.4 Å². The third-order valence-electron chi connectivity index (χ3n) is 3.89. The van der Waals surface area contributed by atoms with Gasteiger partial charge in [-0.1, -0.05) is 13.0 Å². The number of alkyl halides is 3. The molecule has 0 aliphatic carbocycles. The average molecular weight is 383 g/mol. The fraction of sp³-hybridized carbons (Fsp3) is 0.353. The Labute approximate surface area is 151 Å². The van der Waals surface area contributed by atoms with E-state index in [1.54, 1.807) is 0 Å². The van der Waals surface area contributed by atoms with Gasteiger partial charge in [0.25, 0.3) is 5.56 Å².